The van der Waals surface area contributed by atoms with E-state index in [0.29, 0.717) is 23.6 Å². The number of aryl methyl sites for hydroxylation is 4. The first-order valence-corrected chi connectivity index (χ1v) is 26.9. The Bertz CT molecular complexity index is 3770. The number of rotatable bonds is 12. The molecule has 0 saturated carbocycles. The lowest BCUT2D eigenvalue weighted by Crippen LogP contribution is -2.31. The summed E-state index contributed by atoms with van der Waals surface area (Å²) in [5.41, 5.74) is 22.0. The van der Waals surface area contributed by atoms with E-state index in [9.17, 15) is 39.5 Å². The van der Waals surface area contributed by atoms with Crippen LogP contribution in [0.1, 0.15) is 87.0 Å². The van der Waals surface area contributed by atoms with E-state index in [4.69, 9.17) is 8.83 Å². The molecule has 12 rings (SSSR count). The molecule has 0 atom stereocenters. The highest BCUT2D eigenvalue weighted by Crippen LogP contribution is 2.48. The Kier molecular flexibility index (Phi) is 30.2. The molecular formula is C71H75F9N8O4. The first kappa shape index (κ1) is 78.2. The van der Waals surface area contributed by atoms with Crippen LogP contribution in [0.5, 0.6) is 0 Å². The molecule has 12 nitrogen and oxygen atoms in total. The third-order valence-electron chi connectivity index (χ3n) is 14.4. The molecule has 92 heavy (non-hydrogen) atoms. The number of halogens is 9. The van der Waals surface area contributed by atoms with Crippen molar-refractivity contribution in [2.75, 3.05) is 0 Å². The first-order chi connectivity index (χ1) is 40.9. The van der Waals surface area contributed by atoms with Crippen LogP contribution >= 0.6 is 0 Å². The first-order valence-electron chi connectivity index (χ1n) is 26.9. The molecule has 21 heteroatoms. The maximum absolute atomic E-state index is 9.67. The lowest BCUT2D eigenvalue weighted by Gasteiger charge is -2.37. The van der Waals surface area contributed by atoms with Gasteiger partial charge in [-0.15, -0.1) is 20.4 Å². The zero-order valence-electron chi connectivity index (χ0n) is 50.3. The summed E-state index contributed by atoms with van der Waals surface area (Å²) >= 11 is 0. The van der Waals surface area contributed by atoms with Crippen LogP contribution in [0.15, 0.2) is 227 Å². The van der Waals surface area contributed by atoms with Gasteiger partial charge in [-0.05, 0) is 156 Å². The highest BCUT2D eigenvalue weighted by molar-refractivity contribution is 5.88. The normalized spacial score (nSPS) is 11.8. The lowest BCUT2D eigenvalue weighted by molar-refractivity contribution is 0.00734. The van der Waals surface area contributed by atoms with Crippen molar-refractivity contribution >= 4 is 22.3 Å². The van der Waals surface area contributed by atoms with Crippen molar-refractivity contribution in [2.24, 2.45) is 0 Å². The molecule has 8 aromatic carbocycles. The second kappa shape index (κ2) is 35.5. The molecule has 0 unspecified atom stereocenters. The molecule has 2 heterocycles. The number of aromatic nitrogens is 4. The van der Waals surface area contributed by atoms with Crippen molar-refractivity contribution < 1.29 is 59.3 Å². The van der Waals surface area contributed by atoms with E-state index in [0.717, 1.165) is 68.5 Å². The minimum absolute atomic E-state index is 0. The largest absolute Gasteiger partial charge is 0.416 e. The smallest absolute Gasteiger partial charge is 0.379 e. The molecule has 16 N–H and O–H groups in total. The van der Waals surface area contributed by atoms with Crippen LogP contribution in [0.25, 0.3) is 68.1 Å². The zero-order valence-corrected chi connectivity index (χ0v) is 50.3. The molecule has 0 radical (unpaired) electrons. The van der Waals surface area contributed by atoms with Crippen LogP contribution in [0.4, 0.5) is 39.5 Å². The summed E-state index contributed by atoms with van der Waals surface area (Å²) in [5, 5.41) is 18.0. The summed E-state index contributed by atoms with van der Waals surface area (Å²) in [4.78, 5) is 0. The van der Waals surface area contributed by atoms with Crippen LogP contribution < -0.4 is 24.6 Å². The average molecular weight is 1280 g/mol. The molecule has 2 aliphatic carbocycles. The number of hydrogen-bond acceptors (Lipinski definition) is 10. The average Bonchev–Trinajstić information content (AvgIpc) is 0.831. The fraction of sp³-hybridized carbons (Fsp3) is 0.155. The van der Waals surface area contributed by atoms with E-state index in [2.05, 4.69) is 242 Å². The summed E-state index contributed by atoms with van der Waals surface area (Å²) in [6.45, 7) is -2.57. The van der Waals surface area contributed by atoms with E-state index < -0.39 is 25.5 Å². The Balaban J connectivity index is 0.00000140. The fourth-order valence-electron chi connectivity index (χ4n) is 10.6. The maximum Gasteiger partial charge on any atom is 0.379 e. The van der Waals surface area contributed by atoms with Crippen LogP contribution in [-0.4, -0.2) is 51.4 Å². The van der Waals surface area contributed by atoms with Gasteiger partial charge in [-0.3, -0.25) is 0 Å². The highest BCUT2D eigenvalue weighted by Gasteiger charge is 2.39. The topological polar surface area (TPSA) is 281 Å². The number of hydrogen-bond donors (Lipinski definition) is 4. The third-order valence-corrected chi connectivity index (χ3v) is 14.4. The van der Waals surface area contributed by atoms with Gasteiger partial charge >= 0.3 is 20.0 Å². The van der Waals surface area contributed by atoms with Crippen LogP contribution in [0.3, 0.4) is 0 Å². The van der Waals surface area contributed by atoms with Gasteiger partial charge in [-0.2, -0.15) is 39.5 Å². The van der Waals surface area contributed by atoms with Crippen molar-refractivity contribution in [2.45, 2.75) is 73.4 Å². The molecule has 2 aromatic heterocycles. The Morgan fingerprint density at radius 1 is 0.304 bits per heavy atom. The van der Waals surface area contributed by atoms with Gasteiger partial charge in [0.15, 0.2) is 0 Å². The second-order valence-electron chi connectivity index (χ2n) is 20.2. The molecular weight excluding hydrogens is 1200 g/mol. The van der Waals surface area contributed by atoms with Gasteiger partial charge in [0.2, 0.25) is 23.6 Å². The van der Waals surface area contributed by atoms with Crippen LogP contribution in [0.2, 0.25) is 0 Å². The maximum atomic E-state index is 9.67. The van der Waals surface area contributed by atoms with Gasteiger partial charge in [-0.1, -0.05) is 200 Å². The molecule has 486 valence electrons. The van der Waals surface area contributed by atoms with E-state index in [-0.39, 0.29) is 43.0 Å². The van der Waals surface area contributed by atoms with Gasteiger partial charge < -0.3 is 44.4 Å². The number of allylic oxidation sites excluding steroid dienone is 8. The molecule has 0 fully saturated rings. The van der Waals surface area contributed by atoms with Crippen molar-refractivity contribution in [1.29, 1.82) is 0 Å². The lowest BCUT2D eigenvalue weighted by atomic mass is 9.64. The predicted octanol–water partition coefficient (Wildman–Crippen LogP) is 19.6. The fourth-order valence-corrected chi connectivity index (χ4v) is 10.6. The van der Waals surface area contributed by atoms with Crippen molar-refractivity contribution in [1.82, 2.24) is 45.0 Å². The summed E-state index contributed by atoms with van der Waals surface area (Å²) in [7, 11) is 0. The summed E-state index contributed by atoms with van der Waals surface area (Å²) in [6.07, 6.45) is 10.8. The Labute approximate surface area is 529 Å². The standard InChI is InChI=1S/C67H52N4O2.3CHF3.CH4.4H3N.2H2O/c1-43-9-5-13-51(37-43)55-19-17-53(41-55)47-21-29-59(30-22-47)67(60-31-23-48(24-32-60)54-18-20-56(42-54)52-14-6-10-44(2)38-52,61-33-25-49(26-34-61)63-68-70-65(72-63)57-15-7-11-45(3)39-57)62-35-27-50(28-36-62)64-69-71-66(73-64)58-16-8-12-46(4)40-58;3*2-1(3)4;;;;;;;/h5-40H,41-42H2,1-4H3;3*1H;1H4;4*1H3;2*1H2. The minimum Gasteiger partial charge on any atom is -0.416 e. The summed E-state index contributed by atoms with van der Waals surface area (Å²) in [6, 6.07) is 69.5. The predicted molar refractivity (Wildman–Crippen MR) is 351 cm³/mol. The van der Waals surface area contributed by atoms with Gasteiger partial charge in [-0.25, -0.2) is 0 Å². The molecule has 0 spiro atoms. The van der Waals surface area contributed by atoms with E-state index >= 15 is 0 Å². The van der Waals surface area contributed by atoms with Gasteiger partial charge in [0.05, 0.1) is 5.41 Å². The molecule has 10 aromatic rings. The summed E-state index contributed by atoms with van der Waals surface area (Å²) < 4.78 is 99.7. The van der Waals surface area contributed by atoms with Crippen LogP contribution in [0, 0.1) is 27.7 Å². The van der Waals surface area contributed by atoms with Crippen molar-refractivity contribution in [3.05, 3.63) is 285 Å². The Morgan fingerprint density at radius 2 is 0.511 bits per heavy atom. The molecule has 0 aliphatic heterocycles. The molecule has 0 amide bonds. The molecule has 0 bridgehead atoms. The molecule has 2 aliphatic rings. The third kappa shape index (κ3) is 19.1. The van der Waals surface area contributed by atoms with Crippen molar-refractivity contribution in [3.63, 3.8) is 0 Å². The van der Waals surface area contributed by atoms with Crippen LogP contribution in [-0.2, 0) is 5.41 Å². The van der Waals surface area contributed by atoms with Crippen molar-refractivity contribution in [3.8, 4) is 45.8 Å². The van der Waals surface area contributed by atoms with Gasteiger partial charge in [0.25, 0.3) is 0 Å². The van der Waals surface area contributed by atoms with Gasteiger partial charge in [0, 0.05) is 22.3 Å². The van der Waals surface area contributed by atoms with E-state index in [1.807, 2.05) is 24.3 Å². The minimum atomic E-state index is -3.67. The second-order valence-corrected chi connectivity index (χ2v) is 20.2. The Morgan fingerprint density at radius 3 is 0.761 bits per heavy atom. The number of benzene rings is 8. The number of alkyl halides is 9. The molecule has 0 saturated heterocycles. The van der Waals surface area contributed by atoms with E-state index in [1.165, 1.54) is 55.7 Å². The van der Waals surface area contributed by atoms with E-state index in [1.54, 1.807) is 0 Å². The quantitative estimate of drug-likeness (QED) is 0.0663. The highest BCUT2D eigenvalue weighted by atomic mass is 19.4. The van der Waals surface area contributed by atoms with Gasteiger partial charge in [0.1, 0.15) is 0 Å². The zero-order chi connectivity index (χ0) is 60.2. The monoisotopic (exact) mass is 1270 g/mol. The summed E-state index contributed by atoms with van der Waals surface area (Å²) in [5.74, 6) is 1.90. The Hall–Kier alpha value is -9.87. The SMILES string of the molecule is C.Cc1cccc(C2=CC=C(c3ccc(C(c4ccc(C5=CC=C(c6cccc(C)c6)C5)cc4)(c4ccc(-c5nnc(-c6cccc(C)c6)o5)cc4)c4ccc(-c5nnc(-c6cccc(C)c6)o5)cc4)cc3)C2)c1.FC(F)F.FC(F)F.FC(F)F.N.N.N.N.O.O. The number of nitrogens with zero attached hydrogens (tertiary/aromatic N) is 4.